The van der Waals surface area contributed by atoms with Gasteiger partial charge < -0.3 is 14.2 Å². The Morgan fingerprint density at radius 2 is 2.11 bits per heavy atom. The molecule has 2 fully saturated rings. The summed E-state index contributed by atoms with van der Waals surface area (Å²) in [6.45, 7) is 7.19. The molecule has 2 aliphatic heterocycles. The average molecular weight is 368 g/mol. The number of piperidine rings is 1. The summed E-state index contributed by atoms with van der Waals surface area (Å²) in [4.78, 5) is 27.2. The van der Waals surface area contributed by atoms with Crippen LogP contribution in [0.1, 0.15) is 49.0 Å². The van der Waals surface area contributed by atoms with E-state index >= 15 is 0 Å². The van der Waals surface area contributed by atoms with Gasteiger partial charge in [-0.05, 0) is 38.2 Å². The number of hydrogen-bond donors (Lipinski definition) is 0. The number of Topliss-reactive ketones (excluding diaryl/α,β-unsaturated/α-hetero) is 1. The largest absolute Gasteiger partial charge is 0.381 e. The van der Waals surface area contributed by atoms with Gasteiger partial charge in [0.1, 0.15) is 6.54 Å². The molecular formula is C22H28N2O3. The number of ketones is 1. The van der Waals surface area contributed by atoms with E-state index in [0.29, 0.717) is 5.56 Å². The number of aryl methyl sites for hydroxylation is 1. The van der Waals surface area contributed by atoms with E-state index in [9.17, 15) is 9.59 Å². The Morgan fingerprint density at radius 3 is 2.81 bits per heavy atom. The Morgan fingerprint density at radius 1 is 1.26 bits per heavy atom. The topological polar surface area (TPSA) is 51.5 Å². The number of para-hydroxylation sites is 1. The van der Waals surface area contributed by atoms with Crippen molar-refractivity contribution >= 4 is 22.6 Å². The summed E-state index contributed by atoms with van der Waals surface area (Å²) in [5.41, 5.74) is 3.06. The van der Waals surface area contributed by atoms with Gasteiger partial charge in [-0.25, -0.2) is 0 Å². The third-order valence-corrected chi connectivity index (χ3v) is 6.25. The van der Waals surface area contributed by atoms with Crippen LogP contribution >= 0.6 is 0 Å². The van der Waals surface area contributed by atoms with E-state index < -0.39 is 0 Å². The second-order valence-electron chi connectivity index (χ2n) is 8.12. The summed E-state index contributed by atoms with van der Waals surface area (Å²) in [7, 11) is 0. The molecule has 0 bridgehead atoms. The van der Waals surface area contributed by atoms with E-state index in [0.717, 1.165) is 62.9 Å². The molecule has 1 unspecified atom stereocenters. The average Bonchev–Trinajstić information content (AvgIpc) is 3.26. The highest BCUT2D eigenvalue weighted by Gasteiger charge is 2.40. The molecule has 0 saturated carbocycles. The lowest BCUT2D eigenvalue weighted by atomic mass is 9.79. The highest BCUT2D eigenvalue weighted by atomic mass is 16.5. The number of carbonyl (C=O) groups excluding carboxylic acids is 2. The number of fused-ring (bicyclic) bond motifs is 1. The minimum Gasteiger partial charge on any atom is -0.381 e. The molecule has 3 heterocycles. The van der Waals surface area contributed by atoms with Crippen molar-refractivity contribution < 1.29 is 14.3 Å². The Hall–Kier alpha value is -2.14. The molecule has 0 aliphatic carbocycles. The fraction of sp³-hybridized carbons (Fsp3) is 0.545. The van der Waals surface area contributed by atoms with E-state index in [1.54, 1.807) is 6.92 Å². The van der Waals surface area contributed by atoms with Gasteiger partial charge in [0.25, 0.3) is 0 Å². The lowest BCUT2D eigenvalue weighted by Crippen LogP contribution is -2.47. The highest BCUT2D eigenvalue weighted by molar-refractivity contribution is 6.07. The first kappa shape index (κ1) is 18.2. The summed E-state index contributed by atoms with van der Waals surface area (Å²) in [5, 5.41) is 0.953. The number of nitrogens with zero attached hydrogens (tertiary/aromatic N) is 2. The first-order valence-corrected chi connectivity index (χ1v) is 10.0. The third-order valence-electron chi connectivity index (χ3n) is 6.25. The second-order valence-corrected chi connectivity index (χ2v) is 8.12. The molecule has 5 nitrogen and oxygen atoms in total. The molecule has 2 aromatic rings. The number of carbonyl (C=O) groups is 2. The predicted molar refractivity (Wildman–Crippen MR) is 105 cm³/mol. The normalized spacial score (nSPS) is 22.7. The van der Waals surface area contributed by atoms with Crippen molar-refractivity contribution in [3.8, 4) is 0 Å². The van der Waals surface area contributed by atoms with Gasteiger partial charge in [0, 0.05) is 42.3 Å². The zero-order valence-corrected chi connectivity index (χ0v) is 16.3. The van der Waals surface area contributed by atoms with Crippen molar-refractivity contribution in [2.24, 2.45) is 5.41 Å². The van der Waals surface area contributed by atoms with Crippen molar-refractivity contribution in [1.29, 1.82) is 0 Å². The molecule has 2 aliphatic rings. The van der Waals surface area contributed by atoms with E-state index in [1.165, 1.54) is 5.56 Å². The molecule has 144 valence electrons. The van der Waals surface area contributed by atoms with Crippen LogP contribution in [0.2, 0.25) is 0 Å². The predicted octanol–water partition coefficient (Wildman–Crippen LogP) is 3.44. The summed E-state index contributed by atoms with van der Waals surface area (Å²) in [6.07, 6.45) is 5.98. The number of ether oxygens (including phenoxy) is 1. The molecule has 1 aromatic carbocycles. The van der Waals surface area contributed by atoms with Crippen LogP contribution in [0.3, 0.4) is 0 Å². The van der Waals surface area contributed by atoms with Gasteiger partial charge in [0.15, 0.2) is 5.78 Å². The molecule has 1 atom stereocenters. The van der Waals surface area contributed by atoms with Gasteiger partial charge in [-0.3, -0.25) is 9.59 Å². The van der Waals surface area contributed by atoms with Crippen molar-refractivity contribution in [1.82, 2.24) is 9.47 Å². The van der Waals surface area contributed by atoms with Gasteiger partial charge in [-0.1, -0.05) is 25.1 Å². The van der Waals surface area contributed by atoms with Crippen molar-refractivity contribution in [3.63, 3.8) is 0 Å². The van der Waals surface area contributed by atoms with Crippen LogP contribution in [-0.2, 0) is 22.5 Å². The molecule has 1 aromatic heterocycles. The summed E-state index contributed by atoms with van der Waals surface area (Å²) < 4.78 is 7.61. The maximum Gasteiger partial charge on any atom is 0.242 e. The smallest absolute Gasteiger partial charge is 0.242 e. The molecule has 1 amide bonds. The van der Waals surface area contributed by atoms with Crippen LogP contribution in [0.15, 0.2) is 24.4 Å². The number of hydrogen-bond acceptors (Lipinski definition) is 3. The van der Waals surface area contributed by atoms with Crippen molar-refractivity contribution in [3.05, 3.63) is 35.5 Å². The number of amides is 1. The molecular weight excluding hydrogens is 340 g/mol. The van der Waals surface area contributed by atoms with E-state index in [-0.39, 0.29) is 23.7 Å². The Balaban J connectivity index is 1.63. The highest BCUT2D eigenvalue weighted by Crippen LogP contribution is 2.37. The quantitative estimate of drug-likeness (QED) is 0.777. The third kappa shape index (κ3) is 3.29. The molecule has 5 heteroatoms. The van der Waals surface area contributed by atoms with Gasteiger partial charge in [-0.15, -0.1) is 0 Å². The first-order valence-electron chi connectivity index (χ1n) is 10.0. The Kier molecular flexibility index (Phi) is 4.81. The standard InChI is InChI=1S/C22H28N2O3/c1-3-17-6-4-7-18-19(16(2)25)12-24(21(17)18)13-20(26)23-10-5-8-22(14-23)9-11-27-15-22/h4,6-7,12H,3,5,8-11,13-15H2,1-2H3. The van der Waals surface area contributed by atoms with Crippen LogP contribution in [-0.4, -0.2) is 47.5 Å². The monoisotopic (exact) mass is 368 g/mol. The maximum atomic E-state index is 13.1. The molecule has 2 saturated heterocycles. The fourth-order valence-electron chi connectivity index (χ4n) is 4.77. The van der Waals surface area contributed by atoms with E-state index in [2.05, 4.69) is 13.0 Å². The van der Waals surface area contributed by atoms with Crippen molar-refractivity contribution in [2.75, 3.05) is 26.3 Å². The SMILES string of the molecule is CCc1cccc2c(C(C)=O)cn(CC(=O)N3CCCC4(CCOC4)C3)c12. The van der Waals surface area contributed by atoms with Crippen LogP contribution in [0.4, 0.5) is 0 Å². The molecule has 0 radical (unpaired) electrons. The van der Waals surface area contributed by atoms with Crippen LogP contribution in [0.25, 0.3) is 10.9 Å². The molecule has 4 rings (SSSR count). The first-order chi connectivity index (χ1) is 13.0. The number of aromatic nitrogens is 1. The summed E-state index contributed by atoms with van der Waals surface area (Å²) in [6, 6.07) is 6.06. The maximum absolute atomic E-state index is 13.1. The van der Waals surface area contributed by atoms with Crippen molar-refractivity contribution in [2.45, 2.75) is 46.1 Å². The van der Waals surface area contributed by atoms with E-state index in [4.69, 9.17) is 4.74 Å². The van der Waals surface area contributed by atoms with Gasteiger partial charge >= 0.3 is 0 Å². The molecule has 1 spiro atoms. The second kappa shape index (κ2) is 7.12. The van der Waals surface area contributed by atoms with E-state index in [1.807, 2.05) is 27.8 Å². The van der Waals surface area contributed by atoms with Crippen LogP contribution in [0.5, 0.6) is 0 Å². The molecule has 27 heavy (non-hydrogen) atoms. The number of likely N-dealkylation sites (tertiary alicyclic amines) is 1. The molecule has 0 N–H and O–H groups in total. The Labute approximate surface area is 160 Å². The van der Waals surface area contributed by atoms with Crippen LogP contribution in [0, 0.1) is 5.41 Å². The lowest BCUT2D eigenvalue weighted by Gasteiger charge is -2.39. The summed E-state index contributed by atoms with van der Waals surface area (Å²) >= 11 is 0. The number of benzene rings is 1. The zero-order valence-electron chi connectivity index (χ0n) is 16.3. The minimum atomic E-state index is 0.0412. The van der Waals surface area contributed by atoms with Gasteiger partial charge in [0.2, 0.25) is 5.91 Å². The lowest BCUT2D eigenvalue weighted by molar-refractivity contribution is -0.135. The van der Waals surface area contributed by atoms with Gasteiger partial charge in [-0.2, -0.15) is 0 Å². The zero-order chi connectivity index (χ0) is 19.0. The van der Waals surface area contributed by atoms with Gasteiger partial charge in [0.05, 0.1) is 12.1 Å². The minimum absolute atomic E-state index is 0.0412. The fourth-order valence-corrected chi connectivity index (χ4v) is 4.77. The number of rotatable bonds is 4. The van der Waals surface area contributed by atoms with Crippen LogP contribution < -0.4 is 0 Å². The summed E-state index contributed by atoms with van der Waals surface area (Å²) in [5.74, 6) is 0.179. The Bertz CT molecular complexity index is 877.